The van der Waals surface area contributed by atoms with E-state index in [9.17, 15) is 42.9 Å². The van der Waals surface area contributed by atoms with Crippen molar-refractivity contribution in [2.75, 3.05) is 127 Å². The fourth-order valence-corrected chi connectivity index (χ4v) is 19.1. The number of nitrogens with zero attached hydrogens (tertiary/aromatic N) is 5. The summed E-state index contributed by atoms with van der Waals surface area (Å²) >= 11 is 0. The first kappa shape index (κ1) is 80.1. The molecule has 31 nitrogen and oxygen atoms in total. The molecule has 2 unspecified atom stereocenters. The molecule has 0 spiro atoms. The van der Waals surface area contributed by atoms with Gasteiger partial charge in [0.25, 0.3) is 5.91 Å². The third-order valence-corrected chi connectivity index (χ3v) is 26.1. The van der Waals surface area contributed by atoms with Crippen LogP contribution in [-0.4, -0.2) is 192 Å². The van der Waals surface area contributed by atoms with Gasteiger partial charge in [0.2, 0.25) is 5.36 Å². The van der Waals surface area contributed by atoms with Crippen LogP contribution in [0.25, 0.3) is 16.6 Å². The van der Waals surface area contributed by atoms with E-state index in [0.29, 0.717) is 59.5 Å². The van der Waals surface area contributed by atoms with Gasteiger partial charge in [-0.3, -0.25) is 13.9 Å². The number of hydrogen-bond donors (Lipinski definition) is 8. The van der Waals surface area contributed by atoms with Crippen LogP contribution in [0.15, 0.2) is 42.9 Å². The monoisotopic (exact) mass is 1590 g/mol. The number of hydrogen-bond acceptors (Lipinski definition) is 26. The second kappa shape index (κ2) is 37.4. The van der Waals surface area contributed by atoms with E-state index in [-0.39, 0.29) is 93.7 Å². The molecule has 0 radical (unpaired) electrons. The largest absolute Gasteiger partial charge is 0.479 e. The maximum atomic E-state index is 13.9. The first-order valence-corrected chi connectivity index (χ1v) is 43.8. The minimum absolute atomic E-state index is 0.0835. The van der Waals surface area contributed by atoms with Gasteiger partial charge in [0.1, 0.15) is 66.6 Å². The lowest BCUT2D eigenvalue weighted by molar-refractivity contribution is -0.0518. The molecule has 5 aromatic rings. The Balaban J connectivity index is 0.535. The number of nitrogen functional groups attached to an aromatic ring is 1. The normalized spacial score (nSPS) is 18.2. The number of unbranched alkanes of at least 4 members (excludes halogenated alkanes) is 1. The number of fused-ring (bicyclic) bond motifs is 5. The van der Waals surface area contributed by atoms with E-state index >= 15 is 0 Å². The summed E-state index contributed by atoms with van der Waals surface area (Å²) in [5.74, 6) is 6.78. The summed E-state index contributed by atoms with van der Waals surface area (Å²) in [5, 5.41) is 21.6. The van der Waals surface area contributed by atoms with Gasteiger partial charge in [-0.25, -0.2) is 46.7 Å². The van der Waals surface area contributed by atoms with Gasteiger partial charge in [0, 0.05) is 102 Å². The van der Waals surface area contributed by atoms with Crippen LogP contribution in [0.4, 0.5) is 21.1 Å². The number of carbonyl (C=O) groups excluding carboxylic acids is 3. The number of carboxylic acid groups (broad SMARTS) is 1. The number of phosphoric acid groups is 2. The van der Waals surface area contributed by atoms with Gasteiger partial charge in [-0.2, -0.15) is 0 Å². The molecule has 5 atom stereocenters. The second-order valence-electron chi connectivity index (χ2n) is 25.8. The number of carboxylic acids is 1. The van der Waals surface area contributed by atoms with E-state index in [1.165, 1.54) is 72.0 Å². The highest BCUT2D eigenvalue weighted by Gasteiger charge is 2.42. The molecule has 1 fully saturated rings. The number of aromatic nitrogens is 3. The average Bonchev–Trinajstić information content (AvgIpc) is 1.34. The molecule has 0 saturated carbocycles. The fraction of sp³-hybridized carbons (Fsp3) is 0.537. The minimum atomic E-state index is -5.29. The highest BCUT2D eigenvalue weighted by atomic mass is 33.1. The zero-order valence-corrected chi connectivity index (χ0v) is 64.3. The number of alkyl carbamates (subject to hydrolysis) is 2. The Labute approximate surface area is 622 Å². The number of nitrogens with one attached hydrogen (secondary N) is 3. The number of carbonyl (C=O) groups is 4. The van der Waals surface area contributed by atoms with Gasteiger partial charge in [0.05, 0.1) is 81.0 Å². The molecule has 3 amide bonds. The second-order valence-corrected chi connectivity index (χ2v) is 35.4. The third kappa shape index (κ3) is 21.3. The summed E-state index contributed by atoms with van der Waals surface area (Å²) in [5.41, 5.74) is 15.8. The van der Waals surface area contributed by atoms with E-state index in [4.69, 9.17) is 57.9 Å². The Hall–Kier alpha value is -5.96. The van der Waals surface area contributed by atoms with Gasteiger partial charge in [-0.05, 0) is 119 Å². The molecule has 11 rings (SSSR count). The van der Waals surface area contributed by atoms with Gasteiger partial charge in [-0.1, -0.05) is 55.0 Å². The molecular formula is C67H87N9O22P3S4+. The van der Waals surface area contributed by atoms with Crippen LogP contribution in [0.5, 0.6) is 11.5 Å². The number of anilines is 2. The van der Waals surface area contributed by atoms with Crippen molar-refractivity contribution in [3.05, 3.63) is 104 Å². The maximum Gasteiger partial charge on any atom is 0.479 e. The number of aryl methyl sites for hydroxylation is 2. The van der Waals surface area contributed by atoms with Crippen molar-refractivity contribution in [2.45, 2.75) is 114 Å². The molecule has 6 aliphatic heterocycles. The predicted molar refractivity (Wildman–Crippen MR) is 397 cm³/mol. The van der Waals surface area contributed by atoms with Crippen LogP contribution in [0.1, 0.15) is 131 Å². The molecule has 38 heteroatoms. The van der Waals surface area contributed by atoms with Gasteiger partial charge in [-0.15, -0.1) is 0 Å². The van der Waals surface area contributed by atoms with E-state index in [0.717, 1.165) is 105 Å². The van der Waals surface area contributed by atoms with Gasteiger partial charge < -0.3 is 88.8 Å². The first-order chi connectivity index (χ1) is 50.5. The van der Waals surface area contributed by atoms with Crippen LogP contribution in [0.2, 0.25) is 0 Å². The lowest BCUT2D eigenvalue weighted by atomic mass is 9.81. The van der Waals surface area contributed by atoms with E-state index in [1.807, 2.05) is 20.1 Å². The molecule has 9 N–H and O–H groups in total. The summed E-state index contributed by atoms with van der Waals surface area (Å²) in [6.45, 7) is 9.62. The lowest BCUT2D eigenvalue weighted by Gasteiger charge is -2.39. The molecule has 105 heavy (non-hydrogen) atoms. The smallest absolute Gasteiger partial charge is 0.478 e. The number of amides is 3. The van der Waals surface area contributed by atoms with Crippen molar-refractivity contribution in [3.8, 4) is 23.3 Å². The molecule has 1 saturated heterocycles. The summed E-state index contributed by atoms with van der Waals surface area (Å²) in [4.78, 5) is 90.7. The number of rotatable bonds is 37. The van der Waals surface area contributed by atoms with E-state index < -0.39 is 67.1 Å². The summed E-state index contributed by atoms with van der Waals surface area (Å²) < 4.78 is 99.4. The van der Waals surface area contributed by atoms with Crippen LogP contribution in [0, 0.1) is 11.8 Å². The lowest BCUT2D eigenvalue weighted by Crippen LogP contribution is -2.45. The van der Waals surface area contributed by atoms with Crippen LogP contribution in [0.3, 0.4) is 0 Å². The standard InChI is InChI=1S/C67H86N9O22P3S4/c1-67(2,105-104-40-90-26-4-5-27-91-65(80)70-19-6-11-45-37-76(62-55(45)61(68)72-39-73-62)54-36-52(93-41-103-102-3)53(95-54)38-94-101(86,87)98-99(82)97-100(83,84)85)18-28-92-66(81)71-21-30-89-32-31-88-29-20-69-63(77)44-16-17-46(64(78)79)49(35-44)56-50-33-42-12-7-22-74-24-9-14-47(57(42)74)59(50)96-60-48-15-10-25-75-23-8-13-43(58(48)75)34-51(56)60/h16-17,33-35,37,39,52-54,99H,4-5,7-10,12-15,18-32,36,38,40-41H2,1-3H3,(H8-,68,69,70,71,72,73,77,78,79,80,81,83,84,85,86,87)/p+1/t52-,53+,54+/m0/s1. The number of benzene rings is 3. The quantitative estimate of drug-likeness (QED) is 0.00457. The summed E-state index contributed by atoms with van der Waals surface area (Å²) in [6.07, 6.45) is 10.6. The molecule has 3 aromatic carbocycles. The molecule has 0 aliphatic carbocycles. The summed E-state index contributed by atoms with van der Waals surface area (Å²) in [6, 6.07) is 9.31. The maximum absolute atomic E-state index is 13.9. The van der Waals surface area contributed by atoms with Crippen molar-refractivity contribution < 1.29 is 104 Å². The molecular weight excluding hydrogens is 1500 g/mol. The van der Waals surface area contributed by atoms with Crippen LogP contribution >= 0.6 is 67.1 Å². The number of nitrogens with two attached hydrogens (primary N) is 1. The highest BCUT2D eigenvalue weighted by Crippen LogP contribution is 2.58. The van der Waals surface area contributed by atoms with Crippen molar-refractivity contribution in [3.63, 3.8) is 0 Å². The fourth-order valence-electron chi connectivity index (χ4n) is 13.5. The zero-order valence-electron chi connectivity index (χ0n) is 58.3. The van der Waals surface area contributed by atoms with Gasteiger partial charge >= 0.3 is 42.1 Å². The number of ether oxygens (including phenoxy) is 8. The number of aromatic carboxylic acids is 1. The van der Waals surface area contributed by atoms with Crippen LogP contribution < -0.4 is 46.5 Å². The SMILES string of the molecule is CSSCO[C@H]1C[C@H](n2cc(C#CCNC(=O)OCCCCOCSSC(C)(C)CCOC(=O)NCCOCCOCCNC(=O)c3ccc(C(=O)O)c(C4=c5cc6c7c(c5Oc5c4cc4c8c5CCCN8CCC4)CCC[N+]=7CCC6)c3)c3c(N)ncnc32)O[C@@H]1COP(=O)(O)O[PH](=O)OP(=O)(O)O. The molecule has 8 heterocycles. The van der Waals surface area contributed by atoms with Crippen LogP contribution in [-0.2, 0) is 85.7 Å². The molecule has 570 valence electrons. The van der Waals surface area contributed by atoms with E-state index in [2.05, 4.69) is 68.0 Å². The Morgan fingerprint density at radius 2 is 1.55 bits per heavy atom. The number of phosphoric ester groups is 1. The van der Waals surface area contributed by atoms with Crippen molar-refractivity contribution in [1.29, 1.82) is 0 Å². The summed E-state index contributed by atoms with van der Waals surface area (Å²) in [7, 11) is -8.62. The first-order valence-electron chi connectivity index (χ1n) is 34.5. The topological polar surface area (TPSA) is 401 Å². The molecule has 2 aromatic heterocycles. The highest BCUT2D eigenvalue weighted by molar-refractivity contribution is 8.77. The Morgan fingerprint density at radius 3 is 2.33 bits per heavy atom. The van der Waals surface area contributed by atoms with Gasteiger partial charge in [0.15, 0.2) is 0 Å². The molecule has 0 bridgehead atoms. The Morgan fingerprint density at radius 1 is 0.819 bits per heavy atom. The van der Waals surface area contributed by atoms with Crippen molar-refractivity contribution >= 4 is 119 Å². The van der Waals surface area contributed by atoms with Crippen molar-refractivity contribution in [1.82, 2.24) is 35.1 Å². The third-order valence-electron chi connectivity index (χ3n) is 18.1. The predicted octanol–water partition coefficient (Wildman–Crippen LogP) is 7.99. The van der Waals surface area contributed by atoms with Crippen molar-refractivity contribution in [2.24, 2.45) is 0 Å². The zero-order chi connectivity index (χ0) is 74.3. The van der Waals surface area contributed by atoms with E-state index in [1.54, 1.807) is 39.8 Å². The minimum Gasteiger partial charge on any atom is -0.478 e. The average molecular weight is 1590 g/mol. The Kier molecular flexibility index (Phi) is 28.5. The Bertz CT molecular complexity index is 4340. The molecule has 6 aliphatic rings.